The van der Waals surface area contributed by atoms with Crippen LogP contribution in [0.1, 0.15) is 85.5 Å². The molecule has 0 heterocycles. The average Bonchev–Trinajstić information content (AvgIpc) is 2.29. The van der Waals surface area contributed by atoms with Gasteiger partial charge in [0.2, 0.25) is 0 Å². The van der Waals surface area contributed by atoms with Crippen LogP contribution in [0.3, 0.4) is 0 Å². The van der Waals surface area contributed by atoms with Crippen LogP contribution >= 0.6 is 0 Å². The van der Waals surface area contributed by atoms with Crippen LogP contribution in [-0.2, 0) is 0 Å². The molecular formula is C17H35N. The van der Waals surface area contributed by atoms with Crippen LogP contribution in [0.15, 0.2) is 0 Å². The predicted octanol–water partition coefficient (Wildman–Crippen LogP) is 5.15. The maximum atomic E-state index is 3.81. The molecule has 108 valence electrons. The summed E-state index contributed by atoms with van der Waals surface area (Å²) in [5.74, 6) is 0.881. The van der Waals surface area contributed by atoms with E-state index in [-0.39, 0.29) is 0 Å². The maximum absolute atomic E-state index is 3.81. The Morgan fingerprint density at radius 1 is 1.06 bits per heavy atom. The fraction of sp³-hybridized carbons (Fsp3) is 1.00. The topological polar surface area (TPSA) is 12.0 Å². The van der Waals surface area contributed by atoms with E-state index in [1.165, 1.54) is 64.3 Å². The van der Waals surface area contributed by atoms with E-state index in [1.54, 1.807) is 0 Å². The normalized spacial score (nSPS) is 23.5. The highest BCUT2D eigenvalue weighted by Gasteiger charge is 2.31. The summed E-state index contributed by atoms with van der Waals surface area (Å²) in [4.78, 5) is 0. The van der Waals surface area contributed by atoms with Crippen molar-refractivity contribution in [3.8, 4) is 0 Å². The molecule has 18 heavy (non-hydrogen) atoms. The van der Waals surface area contributed by atoms with E-state index in [0.717, 1.165) is 12.0 Å². The van der Waals surface area contributed by atoms with Gasteiger partial charge in [0.1, 0.15) is 0 Å². The molecule has 1 nitrogen and oxygen atoms in total. The van der Waals surface area contributed by atoms with Crippen molar-refractivity contribution in [2.45, 2.75) is 91.5 Å². The van der Waals surface area contributed by atoms with Crippen molar-refractivity contribution in [1.82, 2.24) is 5.32 Å². The summed E-state index contributed by atoms with van der Waals surface area (Å²) in [6.07, 6.45) is 12.7. The van der Waals surface area contributed by atoms with Crippen molar-refractivity contribution >= 4 is 0 Å². The lowest BCUT2D eigenvalue weighted by atomic mass is 9.73. The summed E-state index contributed by atoms with van der Waals surface area (Å²) in [6, 6.07) is 0.766. The summed E-state index contributed by atoms with van der Waals surface area (Å²) in [5.41, 5.74) is 0.524. The van der Waals surface area contributed by atoms with Crippen molar-refractivity contribution < 1.29 is 0 Å². The lowest BCUT2D eigenvalue weighted by Gasteiger charge is -2.39. The lowest BCUT2D eigenvalue weighted by molar-refractivity contribution is 0.167. The third-order valence-corrected chi connectivity index (χ3v) is 4.61. The molecular weight excluding hydrogens is 218 g/mol. The summed E-state index contributed by atoms with van der Waals surface area (Å²) in [5, 5.41) is 3.81. The molecule has 1 N–H and O–H groups in total. The Balaban J connectivity index is 2.00. The van der Waals surface area contributed by atoms with Crippen molar-refractivity contribution in [3.63, 3.8) is 0 Å². The minimum absolute atomic E-state index is 0.524. The zero-order chi connectivity index (χ0) is 13.4. The van der Waals surface area contributed by atoms with Gasteiger partial charge in [0.05, 0.1) is 0 Å². The molecule has 1 aliphatic rings. The highest BCUT2D eigenvalue weighted by Crippen LogP contribution is 2.35. The van der Waals surface area contributed by atoms with Gasteiger partial charge in [0.15, 0.2) is 0 Å². The van der Waals surface area contributed by atoms with Crippen molar-refractivity contribution in [2.75, 3.05) is 6.54 Å². The lowest BCUT2D eigenvalue weighted by Crippen LogP contribution is -2.44. The van der Waals surface area contributed by atoms with Gasteiger partial charge in [-0.3, -0.25) is 0 Å². The highest BCUT2D eigenvalue weighted by atomic mass is 14.9. The van der Waals surface area contributed by atoms with Crippen molar-refractivity contribution in [1.29, 1.82) is 0 Å². The molecule has 1 aliphatic carbocycles. The van der Waals surface area contributed by atoms with Gasteiger partial charge >= 0.3 is 0 Å². The number of hydrogen-bond donors (Lipinski definition) is 1. The Kier molecular flexibility index (Phi) is 7.29. The fourth-order valence-corrected chi connectivity index (χ4v) is 3.18. The Labute approximate surface area is 115 Å². The van der Waals surface area contributed by atoms with Gasteiger partial charge in [-0.25, -0.2) is 0 Å². The molecule has 1 atom stereocenters. The Hall–Kier alpha value is -0.0400. The number of nitrogens with one attached hydrogen (secondary N) is 1. The molecule has 1 fully saturated rings. The standard InChI is InChI=1S/C17H35N/c1-15(2)11-7-5-6-10-14-18-16-12-8-9-13-17(16,3)4/h15-16,18H,5-14H2,1-4H3. The molecule has 0 saturated heterocycles. The van der Waals surface area contributed by atoms with Crippen LogP contribution in [0.25, 0.3) is 0 Å². The fourth-order valence-electron chi connectivity index (χ4n) is 3.18. The predicted molar refractivity (Wildman–Crippen MR) is 82.0 cm³/mol. The molecule has 0 aromatic rings. The summed E-state index contributed by atoms with van der Waals surface area (Å²) >= 11 is 0. The first kappa shape index (κ1) is 16.0. The third-order valence-electron chi connectivity index (χ3n) is 4.61. The second-order valence-electron chi connectivity index (χ2n) is 7.34. The van der Waals surface area contributed by atoms with Gasteiger partial charge in [-0.1, -0.05) is 66.2 Å². The number of unbranched alkanes of at least 4 members (excludes halogenated alkanes) is 3. The highest BCUT2D eigenvalue weighted by molar-refractivity contribution is 4.87. The number of hydrogen-bond acceptors (Lipinski definition) is 1. The summed E-state index contributed by atoms with van der Waals surface area (Å²) in [6.45, 7) is 10.8. The molecule has 1 heteroatoms. The molecule has 0 spiro atoms. The van der Waals surface area contributed by atoms with Crippen LogP contribution < -0.4 is 5.32 Å². The van der Waals surface area contributed by atoms with Gasteiger partial charge in [0.25, 0.3) is 0 Å². The molecule has 0 amide bonds. The molecule has 0 aliphatic heterocycles. The third kappa shape index (κ3) is 6.22. The Bertz CT molecular complexity index is 208. The van der Waals surface area contributed by atoms with Gasteiger partial charge in [-0.2, -0.15) is 0 Å². The second-order valence-corrected chi connectivity index (χ2v) is 7.34. The Morgan fingerprint density at radius 3 is 2.44 bits per heavy atom. The first-order valence-corrected chi connectivity index (χ1v) is 8.26. The van der Waals surface area contributed by atoms with Crippen molar-refractivity contribution in [3.05, 3.63) is 0 Å². The van der Waals surface area contributed by atoms with Crippen LogP contribution in [0, 0.1) is 11.3 Å². The molecule has 0 bridgehead atoms. The van der Waals surface area contributed by atoms with E-state index in [2.05, 4.69) is 33.0 Å². The zero-order valence-electron chi connectivity index (χ0n) is 13.2. The first-order valence-electron chi connectivity index (χ1n) is 8.26. The quantitative estimate of drug-likeness (QED) is 0.590. The van der Waals surface area contributed by atoms with E-state index >= 15 is 0 Å². The first-order chi connectivity index (χ1) is 8.52. The number of rotatable bonds is 8. The smallest absolute Gasteiger partial charge is 0.0118 e. The molecule has 0 aromatic carbocycles. The van der Waals surface area contributed by atoms with Crippen LogP contribution in [0.4, 0.5) is 0 Å². The van der Waals surface area contributed by atoms with E-state index in [9.17, 15) is 0 Å². The maximum Gasteiger partial charge on any atom is 0.0118 e. The molecule has 0 radical (unpaired) electrons. The van der Waals surface area contributed by atoms with Crippen LogP contribution in [0.5, 0.6) is 0 Å². The molecule has 1 rings (SSSR count). The van der Waals surface area contributed by atoms with E-state index < -0.39 is 0 Å². The monoisotopic (exact) mass is 253 g/mol. The van der Waals surface area contributed by atoms with Gasteiger partial charge in [-0.15, -0.1) is 0 Å². The van der Waals surface area contributed by atoms with Crippen LogP contribution in [-0.4, -0.2) is 12.6 Å². The van der Waals surface area contributed by atoms with E-state index in [4.69, 9.17) is 0 Å². The van der Waals surface area contributed by atoms with Crippen molar-refractivity contribution in [2.24, 2.45) is 11.3 Å². The van der Waals surface area contributed by atoms with Gasteiger partial charge in [0, 0.05) is 6.04 Å². The second kappa shape index (κ2) is 8.19. The molecule has 0 aromatic heterocycles. The average molecular weight is 253 g/mol. The Morgan fingerprint density at radius 2 is 1.78 bits per heavy atom. The van der Waals surface area contributed by atoms with Crippen LogP contribution in [0.2, 0.25) is 0 Å². The largest absolute Gasteiger partial charge is 0.313 e. The van der Waals surface area contributed by atoms with E-state index in [1.807, 2.05) is 0 Å². The molecule has 1 saturated carbocycles. The van der Waals surface area contributed by atoms with Gasteiger partial charge < -0.3 is 5.32 Å². The molecule has 1 unspecified atom stereocenters. The van der Waals surface area contributed by atoms with E-state index in [0.29, 0.717) is 5.41 Å². The van der Waals surface area contributed by atoms with Gasteiger partial charge in [-0.05, 0) is 37.1 Å². The minimum atomic E-state index is 0.524. The zero-order valence-corrected chi connectivity index (χ0v) is 13.2. The minimum Gasteiger partial charge on any atom is -0.313 e. The summed E-state index contributed by atoms with van der Waals surface area (Å²) < 4.78 is 0. The summed E-state index contributed by atoms with van der Waals surface area (Å²) in [7, 11) is 0. The SMILES string of the molecule is CC(C)CCCCCCNC1CCCCC1(C)C.